The monoisotopic (exact) mass is 270 g/mol. The summed E-state index contributed by atoms with van der Waals surface area (Å²) in [4.78, 5) is 11.6. The van der Waals surface area contributed by atoms with Crippen molar-refractivity contribution < 1.29 is 9.90 Å². The van der Waals surface area contributed by atoms with Crippen LogP contribution < -0.4 is 0 Å². The van der Waals surface area contributed by atoms with Gasteiger partial charge in [0.15, 0.2) is 0 Å². The van der Waals surface area contributed by atoms with E-state index in [0.717, 1.165) is 32.1 Å². The van der Waals surface area contributed by atoms with E-state index in [9.17, 15) is 9.90 Å². The lowest BCUT2D eigenvalue weighted by Crippen LogP contribution is -2.30. The normalized spacial score (nSPS) is 14.3. The smallest absolute Gasteiger partial charge is 0.309 e. The highest BCUT2D eigenvalue weighted by atomic mass is 16.4. The SMILES string of the molecule is CCCCCCCC(CC)(CCCCCC)C(=O)O. The molecule has 114 valence electrons. The Morgan fingerprint density at radius 2 is 1.21 bits per heavy atom. The van der Waals surface area contributed by atoms with E-state index in [-0.39, 0.29) is 0 Å². The third-order valence-electron chi connectivity index (χ3n) is 4.40. The molecule has 0 heterocycles. The van der Waals surface area contributed by atoms with E-state index in [1.165, 1.54) is 44.9 Å². The van der Waals surface area contributed by atoms with Crippen molar-refractivity contribution in [3.63, 3.8) is 0 Å². The molecule has 0 rings (SSSR count). The van der Waals surface area contributed by atoms with Crippen molar-refractivity contribution in [2.75, 3.05) is 0 Å². The molecule has 0 aliphatic rings. The van der Waals surface area contributed by atoms with Crippen molar-refractivity contribution in [2.24, 2.45) is 5.41 Å². The van der Waals surface area contributed by atoms with Crippen molar-refractivity contribution in [1.82, 2.24) is 0 Å². The van der Waals surface area contributed by atoms with Gasteiger partial charge in [-0.05, 0) is 19.3 Å². The number of unbranched alkanes of at least 4 members (excludes halogenated alkanes) is 7. The van der Waals surface area contributed by atoms with Crippen molar-refractivity contribution in [2.45, 2.75) is 97.8 Å². The number of hydrogen-bond donors (Lipinski definition) is 1. The Morgan fingerprint density at radius 3 is 1.58 bits per heavy atom. The minimum atomic E-state index is -0.568. The van der Waals surface area contributed by atoms with Crippen molar-refractivity contribution >= 4 is 5.97 Å². The zero-order valence-electron chi connectivity index (χ0n) is 13.3. The van der Waals surface area contributed by atoms with E-state index >= 15 is 0 Å². The summed E-state index contributed by atoms with van der Waals surface area (Å²) in [5.41, 5.74) is -0.444. The molecule has 0 aromatic rings. The lowest BCUT2D eigenvalue weighted by Gasteiger charge is -2.28. The Labute approximate surface area is 120 Å². The van der Waals surface area contributed by atoms with Gasteiger partial charge in [0.2, 0.25) is 0 Å². The molecule has 2 heteroatoms. The average molecular weight is 270 g/mol. The highest BCUT2D eigenvalue weighted by Crippen LogP contribution is 2.35. The molecule has 1 unspecified atom stereocenters. The van der Waals surface area contributed by atoms with Gasteiger partial charge in [-0.25, -0.2) is 0 Å². The molecule has 2 nitrogen and oxygen atoms in total. The molecule has 0 aromatic heterocycles. The first-order chi connectivity index (χ1) is 9.13. The molecule has 0 saturated carbocycles. The first-order valence-electron chi connectivity index (χ1n) is 8.36. The summed E-state index contributed by atoms with van der Waals surface area (Å²) in [5.74, 6) is -0.568. The average Bonchev–Trinajstić information content (AvgIpc) is 2.41. The maximum atomic E-state index is 11.6. The van der Waals surface area contributed by atoms with Crippen LogP contribution in [0.1, 0.15) is 97.8 Å². The lowest BCUT2D eigenvalue weighted by molar-refractivity contribution is -0.150. The van der Waals surface area contributed by atoms with Gasteiger partial charge < -0.3 is 5.11 Å². The van der Waals surface area contributed by atoms with E-state index < -0.39 is 11.4 Å². The van der Waals surface area contributed by atoms with Crippen LogP contribution in [0.15, 0.2) is 0 Å². The van der Waals surface area contributed by atoms with Crippen LogP contribution in [0.2, 0.25) is 0 Å². The fourth-order valence-corrected chi connectivity index (χ4v) is 2.80. The quantitative estimate of drug-likeness (QED) is 0.429. The minimum absolute atomic E-state index is 0.444. The fourth-order valence-electron chi connectivity index (χ4n) is 2.80. The molecule has 0 fully saturated rings. The number of rotatable bonds is 13. The van der Waals surface area contributed by atoms with Gasteiger partial charge in [0.05, 0.1) is 5.41 Å². The number of hydrogen-bond acceptors (Lipinski definition) is 1. The predicted molar refractivity (Wildman–Crippen MR) is 82.5 cm³/mol. The Kier molecular flexibility index (Phi) is 11.0. The Bertz CT molecular complexity index is 225. The van der Waals surface area contributed by atoms with Crippen LogP contribution in [0.5, 0.6) is 0 Å². The van der Waals surface area contributed by atoms with Gasteiger partial charge in [-0.1, -0.05) is 78.6 Å². The van der Waals surface area contributed by atoms with Gasteiger partial charge in [0.1, 0.15) is 0 Å². The molecule has 1 N–H and O–H groups in total. The summed E-state index contributed by atoms with van der Waals surface area (Å²) >= 11 is 0. The third kappa shape index (κ3) is 7.59. The molecular formula is C17H34O2. The molecule has 0 aliphatic heterocycles. The second-order valence-corrected chi connectivity index (χ2v) is 5.91. The maximum Gasteiger partial charge on any atom is 0.309 e. The highest BCUT2D eigenvalue weighted by Gasteiger charge is 2.35. The molecule has 19 heavy (non-hydrogen) atoms. The second kappa shape index (κ2) is 11.3. The minimum Gasteiger partial charge on any atom is -0.481 e. The van der Waals surface area contributed by atoms with Crippen LogP contribution in [0.4, 0.5) is 0 Å². The number of aliphatic carboxylic acids is 1. The van der Waals surface area contributed by atoms with E-state index in [1.807, 2.05) is 6.92 Å². The van der Waals surface area contributed by atoms with Crippen LogP contribution in [-0.4, -0.2) is 11.1 Å². The summed E-state index contributed by atoms with van der Waals surface area (Å²) in [6.07, 6.45) is 13.3. The van der Waals surface area contributed by atoms with Gasteiger partial charge in [-0.3, -0.25) is 4.79 Å². The highest BCUT2D eigenvalue weighted by molar-refractivity contribution is 5.74. The fraction of sp³-hybridized carbons (Fsp3) is 0.941. The standard InChI is InChI=1S/C17H34O2/c1-4-7-9-11-13-15-17(6-3,16(18)19)14-12-10-8-5-2/h4-15H2,1-3H3,(H,18,19). The van der Waals surface area contributed by atoms with Gasteiger partial charge in [-0.15, -0.1) is 0 Å². The summed E-state index contributed by atoms with van der Waals surface area (Å²) in [5, 5.41) is 9.58. The molecule has 0 saturated heterocycles. The zero-order valence-corrected chi connectivity index (χ0v) is 13.3. The number of carboxylic acid groups (broad SMARTS) is 1. The van der Waals surface area contributed by atoms with Crippen molar-refractivity contribution in [3.05, 3.63) is 0 Å². The molecular weight excluding hydrogens is 236 g/mol. The number of carbonyl (C=O) groups is 1. The van der Waals surface area contributed by atoms with Crippen molar-refractivity contribution in [3.8, 4) is 0 Å². The first kappa shape index (κ1) is 18.5. The summed E-state index contributed by atoms with van der Waals surface area (Å²) in [6, 6.07) is 0. The summed E-state index contributed by atoms with van der Waals surface area (Å²) in [7, 11) is 0. The lowest BCUT2D eigenvalue weighted by atomic mass is 9.76. The van der Waals surface area contributed by atoms with Gasteiger partial charge in [0.25, 0.3) is 0 Å². The first-order valence-corrected chi connectivity index (χ1v) is 8.36. The topological polar surface area (TPSA) is 37.3 Å². The molecule has 1 atom stereocenters. The van der Waals surface area contributed by atoms with E-state index in [4.69, 9.17) is 0 Å². The number of carboxylic acids is 1. The molecule has 0 aromatic carbocycles. The Hall–Kier alpha value is -0.530. The zero-order chi connectivity index (χ0) is 14.6. The van der Waals surface area contributed by atoms with Crippen LogP contribution in [0.25, 0.3) is 0 Å². The van der Waals surface area contributed by atoms with E-state index in [0.29, 0.717) is 0 Å². The van der Waals surface area contributed by atoms with Crippen molar-refractivity contribution in [1.29, 1.82) is 0 Å². The van der Waals surface area contributed by atoms with Crippen LogP contribution in [0.3, 0.4) is 0 Å². The largest absolute Gasteiger partial charge is 0.481 e. The summed E-state index contributed by atoms with van der Waals surface area (Å²) < 4.78 is 0. The van der Waals surface area contributed by atoms with Gasteiger partial charge in [-0.2, -0.15) is 0 Å². The molecule has 0 amide bonds. The van der Waals surface area contributed by atoms with Crippen LogP contribution >= 0.6 is 0 Å². The Morgan fingerprint density at radius 1 is 0.789 bits per heavy atom. The van der Waals surface area contributed by atoms with E-state index in [2.05, 4.69) is 13.8 Å². The Balaban J connectivity index is 4.14. The van der Waals surface area contributed by atoms with Crippen LogP contribution in [0, 0.1) is 5.41 Å². The molecule has 0 spiro atoms. The predicted octanol–water partition coefficient (Wildman–Crippen LogP) is 5.80. The van der Waals surface area contributed by atoms with Gasteiger partial charge >= 0.3 is 5.97 Å². The van der Waals surface area contributed by atoms with E-state index in [1.54, 1.807) is 0 Å². The molecule has 0 bridgehead atoms. The maximum absolute atomic E-state index is 11.6. The summed E-state index contributed by atoms with van der Waals surface area (Å²) in [6.45, 7) is 6.44. The van der Waals surface area contributed by atoms with Gasteiger partial charge in [0, 0.05) is 0 Å². The second-order valence-electron chi connectivity index (χ2n) is 5.91. The third-order valence-corrected chi connectivity index (χ3v) is 4.40. The molecule has 0 aliphatic carbocycles. The molecule has 0 radical (unpaired) electrons. The van der Waals surface area contributed by atoms with Crippen LogP contribution in [-0.2, 0) is 4.79 Å².